The lowest BCUT2D eigenvalue weighted by molar-refractivity contribution is -0.126. The van der Waals surface area contributed by atoms with Crippen molar-refractivity contribution in [3.8, 4) is 5.75 Å². The molecule has 0 aliphatic carbocycles. The average Bonchev–Trinajstić information content (AvgIpc) is 2.67. The number of carbonyl (C=O) groups excluding carboxylic acids is 1. The van der Waals surface area contributed by atoms with Crippen molar-refractivity contribution in [2.24, 2.45) is 11.0 Å². The Morgan fingerprint density at radius 2 is 2.08 bits per heavy atom. The first-order valence-corrected chi connectivity index (χ1v) is 10.6. The largest absolute Gasteiger partial charge is 0.494 e. The Bertz CT molecular complexity index is 716. The number of sulfonamides is 1. The second kappa shape index (κ2) is 9.68. The van der Waals surface area contributed by atoms with Gasteiger partial charge in [0.1, 0.15) is 5.75 Å². The molecule has 7 nitrogen and oxygen atoms in total. The number of benzene rings is 1. The maximum absolute atomic E-state index is 12.3. The molecular formula is C18H27N3O4S. The number of nitrogens with zero attached hydrogens (tertiary/aromatic N) is 2. The monoisotopic (exact) mass is 381 g/mol. The van der Waals surface area contributed by atoms with E-state index >= 15 is 0 Å². The lowest BCUT2D eigenvalue weighted by Crippen LogP contribution is -2.45. The van der Waals surface area contributed by atoms with E-state index < -0.39 is 10.0 Å². The zero-order valence-corrected chi connectivity index (χ0v) is 16.2. The number of amides is 1. The summed E-state index contributed by atoms with van der Waals surface area (Å²) in [5.41, 5.74) is 3.36. The fourth-order valence-corrected chi connectivity index (χ4v) is 3.90. The van der Waals surface area contributed by atoms with Crippen LogP contribution in [-0.4, -0.2) is 50.3 Å². The molecule has 1 aromatic carbocycles. The highest BCUT2D eigenvalue weighted by atomic mass is 32.2. The first kappa shape index (κ1) is 20.4. The van der Waals surface area contributed by atoms with Gasteiger partial charge in [0, 0.05) is 13.1 Å². The maximum atomic E-state index is 12.3. The van der Waals surface area contributed by atoms with Gasteiger partial charge in [0.2, 0.25) is 15.9 Å². The summed E-state index contributed by atoms with van der Waals surface area (Å²) in [6, 6.07) is 7.43. The molecule has 1 atom stereocenters. The third-order valence-electron chi connectivity index (χ3n) is 4.25. The molecule has 26 heavy (non-hydrogen) atoms. The van der Waals surface area contributed by atoms with E-state index in [1.807, 2.05) is 31.2 Å². The van der Waals surface area contributed by atoms with Gasteiger partial charge in [-0.15, -0.1) is 0 Å². The van der Waals surface area contributed by atoms with Gasteiger partial charge in [0.25, 0.3) is 0 Å². The van der Waals surface area contributed by atoms with Crippen molar-refractivity contribution in [3.63, 3.8) is 0 Å². The van der Waals surface area contributed by atoms with Crippen LogP contribution < -0.4 is 10.2 Å². The Morgan fingerprint density at radius 3 is 2.73 bits per heavy atom. The Balaban J connectivity index is 1.86. The van der Waals surface area contributed by atoms with E-state index in [1.54, 1.807) is 13.1 Å². The highest BCUT2D eigenvalue weighted by Crippen LogP contribution is 2.19. The average molecular weight is 381 g/mol. The topological polar surface area (TPSA) is 88.1 Å². The molecule has 8 heteroatoms. The van der Waals surface area contributed by atoms with E-state index in [0.29, 0.717) is 26.0 Å². The number of hydrogen-bond acceptors (Lipinski definition) is 5. The molecule has 1 N–H and O–H groups in total. The molecule has 1 heterocycles. The highest BCUT2D eigenvalue weighted by Gasteiger charge is 2.31. The van der Waals surface area contributed by atoms with Crippen molar-refractivity contribution in [2.45, 2.75) is 33.1 Å². The van der Waals surface area contributed by atoms with Gasteiger partial charge in [0.15, 0.2) is 0 Å². The van der Waals surface area contributed by atoms with Crippen LogP contribution in [0.15, 0.2) is 29.4 Å². The van der Waals surface area contributed by atoms with E-state index in [0.717, 1.165) is 17.7 Å². The van der Waals surface area contributed by atoms with Crippen molar-refractivity contribution in [3.05, 3.63) is 29.8 Å². The first-order valence-electron chi connectivity index (χ1n) is 9.00. The number of carbonyl (C=O) groups is 1. The van der Waals surface area contributed by atoms with Gasteiger partial charge in [-0.25, -0.2) is 18.1 Å². The maximum Gasteiger partial charge on any atom is 0.244 e. The second-order valence-corrected chi connectivity index (χ2v) is 8.51. The molecule has 1 aliphatic heterocycles. The summed E-state index contributed by atoms with van der Waals surface area (Å²) in [6.07, 6.45) is 3.86. The van der Waals surface area contributed by atoms with Gasteiger partial charge < -0.3 is 4.74 Å². The van der Waals surface area contributed by atoms with Gasteiger partial charge in [-0.05, 0) is 56.0 Å². The van der Waals surface area contributed by atoms with Gasteiger partial charge >= 0.3 is 0 Å². The molecule has 1 unspecified atom stereocenters. The van der Waals surface area contributed by atoms with Crippen LogP contribution in [0.3, 0.4) is 0 Å². The number of ether oxygens (including phenoxy) is 1. The minimum absolute atomic E-state index is 0.0530. The lowest BCUT2D eigenvalue weighted by Gasteiger charge is -2.30. The number of hydrogen-bond donors (Lipinski definition) is 1. The first-order chi connectivity index (χ1) is 12.5. The Hall–Kier alpha value is -1.93. The van der Waals surface area contributed by atoms with Crippen LogP contribution in [0.25, 0.3) is 0 Å². The summed E-state index contributed by atoms with van der Waals surface area (Å²) in [5, 5.41) is 3.98. The van der Waals surface area contributed by atoms with Crippen molar-refractivity contribution in [2.75, 3.05) is 25.4 Å². The fourth-order valence-electron chi connectivity index (χ4n) is 2.72. The molecule has 0 saturated carbocycles. The molecular weight excluding hydrogens is 354 g/mol. The molecule has 1 fully saturated rings. The van der Waals surface area contributed by atoms with E-state index in [-0.39, 0.29) is 24.1 Å². The third kappa shape index (κ3) is 5.81. The van der Waals surface area contributed by atoms with Crippen LogP contribution in [0.2, 0.25) is 0 Å². The Morgan fingerprint density at radius 1 is 1.35 bits per heavy atom. The Labute approximate surface area is 155 Å². The van der Waals surface area contributed by atoms with E-state index in [9.17, 15) is 13.2 Å². The summed E-state index contributed by atoms with van der Waals surface area (Å²) in [6.45, 7) is 5.04. The van der Waals surface area contributed by atoms with Crippen LogP contribution in [0.1, 0.15) is 38.7 Å². The molecule has 1 amide bonds. The lowest BCUT2D eigenvalue weighted by atomic mass is 9.99. The number of hydrazone groups is 1. The standard InChI is InChI=1S/C18H27N3O4S/c1-3-12-25-17-9-7-15(8-10-17)13-19-20-18(22)16-6-5-11-21(14-16)26(23,24)4-2/h7-10,13,16H,3-6,11-12,14H2,1-2H3,(H,20,22). The summed E-state index contributed by atoms with van der Waals surface area (Å²) < 4.78 is 30.9. The smallest absolute Gasteiger partial charge is 0.244 e. The second-order valence-electron chi connectivity index (χ2n) is 6.25. The molecule has 0 radical (unpaired) electrons. The Kier molecular flexibility index (Phi) is 7.59. The number of piperidine rings is 1. The molecule has 0 aromatic heterocycles. The SMILES string of the molecule is CCCOc1ccc(C=NNC(=O)C2CCCN(S(=O)(=O)CC)C2)cc1. The van der Waals surface area contributed by atoms with Crippen LogP contribution in [-0.2, 0) is 14.8 Å². The zero-order valence-electron chi connectivity index (χ0n) is 15.3. The molecule has 144 valence electrons. The molecule has 2 rings (SSSR count). The molecule has 0 bridgehead atoms. The normalized spacial score (nSPS) is 18.8. The van der Waals surface area contributed by atoms with Crippen molar-refractivity contribution < 1.29 is 17.9 Å². The van der Waals surface area contributed by atoms with E-state index in [2.05, 4.69) is 10.5 Å². The number of rotatable bonds is 8. The van der Waals surface area contributed by atoms with E-state index in [4.69, 9.17) is 4.74 Å². The van der Waals surface area contributed by atoms with Crippen molar-refractivity contribution in [1.82, 2.24) is 9.73 Å². The quantitative estimate of drug-likeness (QED) is 0.551. The highest BCUT2D eigenvalue weighted by molar-refractivity contribution is 7.89. The van der Waals surface area contributed by atoms with Gasteiger partial charge in [0.05, 0.1) is 24.5 Å². The number of nitrogens with one attached hydrogen (secondary N) is 1. The van der Waals surface area contributed by atoms with E-state index in [1.165, 1.54) is 4.31 Å². The molecule has 1 saturated heterocycles. The van der Waals surface area contributed by atoms with Gasteiger partial charge in [-0.2, -0.15) is 5.10 Å². The summed E-state index contributed by atoms with van der Waals surface area (Å²) >= 11 is 0. The summed E-state index contributed by atoms with van der Waals surface area (Å²) in [7, 11) is -3.26. The van der Waals surface area contributed by atoms with Crippen LogP contribution in [0.5, 0.6) is 5.75 Å². The zero-order chi connectivity index (χ0) is 19.0. The van der Waals surface area contributed by atoms with Crippen LogP contribution in [0.4, 0.5) is 0 Å². The molecule has 1 aromatic rings. The minimum Gasteiger partial charge on any atom is -0.494 e. The van der Waals surface area contributed by atoms with Gasteiger partial charge in [-0.3, -0.25) is 4.79 Å². The predicted molar refractivity (Wildman–Crippen MR) is 102 cm³/mol. The third-order valence-corrected chi connectivity index (χ3v) is 6.10. The predicted octanol–water partition coefficient (Wildman–Crippen LogP) is 1.99. The summed E-state index contributed by atoms with van der Waals surface area (Å²) in [4.78, 5) is 12.3. The van der Waals surface area contributed by atoms with Crippen LogP contribution in [0, 0.1) is 5.92 Å². The van der Waals surface area contributed by atoms with Crippen molar-refractivity contribution >= 4 is 22.1 Å². The van der Waals surface area contributed by atoms with Crippen LogP contribution >= 0.6 is 0 Å². The summed E-state index contributed by atoms with van der Waals surface area (Å²) in [5.74, 6) is 0.233. The molecule has 1 aliphatic rings. The van der Waals surface area contributed by atoms with Crippen molar-refractivity contribution in [1.29, 1.82) is 0 Å². The molecule has 0 spiro atoms. The fraction of sp³-hybridized carbons (Fsp3) is 0.556. The minimum atomic E-state index is -3.26. The van der Waals surface area contributed by atoms with Gasteiger partial charge in [-0.1, -0.05) is 6.92 Å².